The summed E-state index contributed by atoms with van der Waals surface area (Å²) in [7, 11) is -4.27. The summed E-state index contributed by atoms with van der Waals surface area (Å²) >= 11 is 0. The van der Waals surface area contributed by atoms with Crippen molar-refractivity contribution in [3.05, 3.63) is 143 Å². The number of aryl methyl sites for hydroxylation is 1. The van der Waals surface area contributed by atoms with E-state index >= 15 is 0 Å². The van der Waals surface area contributed by atoms with E-state index in [0.717, 1.165) is 66.7 Å². The molecular weight excluding hydrogens is 608 g/mol. The van der Waals surface area contributed by atoms with E-state index in [9.17, 15) is 26.5 Å². The van der Waals surface area contributed by atoms with Crippen molar-refractivity contribution in [2.75, 3.05) is 26.2 Å². The minimum Gasteiger partial charge on any atom is -0.744 e. The summed E-state index contributed by atoms with van der Waals surface area (Å²) in [6, 6.07) is 28.6. The standard InChI is InChI=1S/C30H31F2NO2.C7H8O3S/c1-2-35-29(34)30(25-7-4-3-5-8-25)18-21-33(22-19-30)20-6-9-28(23-10-14-26(31)15-11-23)24-12-16-27(32)17-13-24;1-6-2-4-7(5-3-6)11(8,9)10/h3-5,7-17H,2,6,18-22H2,1H3;2-5H,1H3,(H,8,9,10). The topological polar surface area (TPSA) is 87.9 Å². The van der Waals surface area contributed by atoms with Gasteiger partial charge in [-0.1, -0.05) is 78.4 Å². The fourth-order valence-electron chi connectivity index (χ4n) is 5.70. The molecule has 5 rings (SSSR count). The van der Waals surface area contributed by atoms with E-state index < -0.39 is 15.5 Å². The fraction of sp³-hybridized carbons (Fsp3) is 0.270. The monoisotopic (exact) mass is 647 g/mol. The van der Waals surface area contributed by atoms with Gasteiger partial charge in [0.15, 0.2) is 0 Å². The van der Waals surface area contributed by atoms with E-state index in [-0.39, 0.29) is 22.5 Å². The van der Waals surface area contributed by atoms with Crippen LogP contribution in [0.5, 0.6) is 0 Å². The maximum Gasteiger partial charge on any atom is 0.317 e. The van der Waals surface area contributed by atoms with Gasteiger partial charge in [-0.05, 0) is 72.5 Å². The van der Waals surface area contributed by atoms with Gasteiger partial charge in [0.05, 0.1) is 31.1 Å². The Bertz CT molecular complexity index is 1650. The van der Waals surface area contributed by atoms with Crippen LogP contribution in [0.25, 0.3) is 5.57 Å². The van der Waals surface area contributed by atoms with Gasteiger partial charge in [0, 0.05) is 19.3 Å². The lowest BCUT2D eigenvalue weighted by molar-refractivity contribution is -0.905. The predicted molar refractivity (Wildman–Crippen MR) is 173 cm³/mol. The molecule has 1 saturated heterocycles. The van der Waals surface area contributed by atoms with Crippen LogP contribution in [-0.2, 0) is 25.1 Å². The molecule has 1 N–H and O–H groups in total. The van der Waals surface area contributed by atoms with E-state index in [1.807, 2.05) is 44.2 Å². The summed E-state index contributed by atoms with van der Waals surface area (Å²) in [6.45, 7) is 6.72. The lowest BCUT2D eigenvalue weighted by Crippen LogP contribution is -3.13. The third kappa shape index (κ3) is 9.19. The number of rotatable bonds is 9. The number of carbonyl (C=O) groups excluding carboxylic acids is 1. The maximum atomic E-state index is 13.5. The van der Waals surface area contributed by atoms with Gasteiger partial charge in [-0.25, -0.2) is 17.2 Å². The Morgan fingerprint density at radius 2 is 1.37 bits per heavy atom. The number of carbonyl (C=O) groups is 1. The molecule has 242 valence electrons. The minimum atomic E-state index is -4.27. The second kappa shape index (κ2) is 15.9. The third-order valence-corrected chi connectivity index (χ3v) is 9.12. The van der Waals surface area contributed by atoms with Crippen LogP contribution in [0.1, 0.15) is 48.4 Å². The van der Waals surface area contributed by atoms with Crippen LogP contribution in [0.4, 0.5) is 8.78 Å². The number of halogens is 2. The molecule has 0 amide bonds. The lowest BCUT2D eigenvalue weighted by atomic mass is 9.72. The van der Waals surface area contributed by atoms with E-state index in [1.165, 1.54) is 41.3 Å². The van der Waals surface area contributed by atoms with Crippen molar-refractivity contribution >= 4 is 21.7 Å². The fourth-order valence-corrected chi connectivity index (χ4v) is 6.17. The summed E-state index contributed by atoms with van der Waals surface area (Å²) in [5, 5.41) is 0. The molecule has 0 aliphatic carbocycles. The molecule has 0 saturated carbocycles. The number of piperidine rings is 1. The van der Waals surface area contributed by atoms with Gasteiger partial charge in [0.25, 0.3) is 0 Å². The van der Waals surface area contributed by atoms with Gasteiger partial charge in [-0.3, -0.25) is 4.79 Å². The lowest BCUT2D eigenvalue weighted by Gasteiger charge is -2.38. The number of likely N-dealkylation sites (tertiary alicyclic amines) is 1. The van der Waals surface area contributed by atoms with E-state index in [0.29, 0.717) is 6.61 Å². The number of quaternary nitrogens is 1. The number of benzene rings is 4. The van der Waals surface area contributed by atoms with Crippen molar-refractivity contribution < 1.29 is 36.2 Å². The second-order valence-electron chi connectivity index (χ2n) is 11.4. The molecule has 0 radical (unpaired) electrons. The molecule has 0 aromatic heterocycles. The minimum absolute atomic E-state index is 0.125. The van der Waals surface area contributed by atoms with Gasteiger partial charge in [-0.15, -0.1) is 0 Å². The summed E-state index contributed by atoms with van der Waals surface area (Å²) in [5.41, 5.74) is 4.15. The highest BCUT2D eigenvalue weighted by atomic mass is 32.2. The average Bonchev–Trinajstić information content (AvgIpc) is 3.05. The molecule has 0 atom stereocenters. The summed E-state index contributed by atoms with van der Waals surface area (Å²) < 4.78 is 63.6. The number of hydrogen-bond acceptors (Lipinski definition) is 5. The van der Waals surface area contributed by atoms with Crippen molar-refractivity contribution in [3.63, 3.8) is 0 Å². The summed E-state index contributed by atoms with van der Waals surface area (Å²) in [6.07, 6.45) is 4.46. The Labute approximate surface area is 270 Å². The van der Waals surface area contributed by atoms with Crippen LogP contribution >= 0.6 is 0 Å². The molecule has 1 heterocycles. The van der Waals surface area contributed by atoms with Crippen LogP contribution in [-0.4, -0.2) is 45.2 Å². The molecule has 1 aliphatic rings. The molecule has 1 fully saturated rings. The van der Waals surface area contributed by atoms with Gasteiger partial charge >= 0.3 is 5.97 Å². The molecule has 4 aromatic rings. The van der Waals surface area contributed by atoms with Crippen molar-refractivity contribution in [1.29, 1.82) is 0 Å². The first kappa shape index (κ1) is 34.7. The van der Waals surface area contributed by atoms with Gasteiger partial charge in [0.1, 0.15) is 27.2 Å². The largest absolute Gasteiger partial charge is 0.744 e. The van der Waals surface area contributed by atoms with E-state index in [2.05, 4.69) is 6.08 Å². The molecule has 46 heavy (non-hydrogen) atoms. The highest BCUT2D eigenvalue weighted by Gasteiger charge is 2.45. The molecule has 0 spiro atoms. The predicted octanol–water partition coefficient (Wildman–Crippen LogP) is 5.87. The van der Waals surface area contributed by atoms with Crippen LogP contribution in [0.3, 0.4) is 0 Å². The zero-order valence-electron chi connectivity index (χ0n) is 26.0. The number of ether oxygens (including phenoxy) is 1. The summed E-state index contributed by atoms with van der Waals surface area (Å²) in [5.74, 6) is -0.693. The first-order valence-electron chi connectivity index (χ1n) is 15.3. The molecule has 9 heteroatoms. The molecule has 0 unspecified atom stereocenters. The van der Waals surface area contributed by atoms with Gasteiger partial charge < -0.3 is 14.2 Å². The zero-order valence-corrected chi connectivity index (χ0v) is 26.9. The Kier molecular flexibility index (Phi) is 12.0. The molecule has 1 aliphatic heterocycles. The Hall–Kier alpha value is -4.18. The van der Waals surface area contributed by atoms with Crippen molar-refractivity contribution in [3.8, 4) is 0 Å². The quantitative estimate of drug-likeness (QED) is 0.182. The van der Waals surface area contributed by atoms with E-state index in [1.54, 1.807) is 36.4 Å². The second-order valence-corrected chi connectivity index (χ2v) is 12.7. The third-order valence-electron chi connectivity index (χ3n) is 8.27. The highest BCUT2D eigenvalue weighted by Crippen LogP contribution is 2.34. The number of hydrogen-bond donors (Lipinski definition) is 1. The highest BCUT2D eigenvalue weighted by molar-refractivity contribution is 7.85. The van der Waals surface area contributed by atoms with Gasteiger partial charge in [-0.2, -0.15) is 0 Å². The summed E-state index contributed by atoms with van der Waals surface area (Å²) in [4.78, 5) is 14.3. The van der Waals surface area contributed by atoms with Crippen molar-refractivity contribution in [1.82, 2.24) is 0 Å². The van der Waals surface area contributed by atoms with Crippen LogP contribution < -0.4 is 4.90 Å². The normalized spacial score (nSPS) is 17.7. The Morgan fingerprint density at radius 1 is 0.848 bits per heavy atom. The first-order chi connectivity index (χ1) is 22.0. The molecule has 4 aromatic carbocycles. The SMILES string of the molecule is CCOC(=O)C1(c2ccccc2)CC[NH+](CCC=C(c2ccc(F)cc2)c2ccc(F)cc2)CC1.Cc1ccc(S(=O)(=O)[O-])cc1. The Balaban J connectivity index is 0.000000369. The Morgan fingerprint density at radius 3 is 1.85 bits per heavy atom. The number of nitrogens with one attached hydrogen (secondary N) is 1. The van der Waals surface area contributed by atoms with E-state index in [4.69, 9.17) is 4.74 Å². The average molecular weight is 648 g/mol. The van der Waals surface area contributed by atoms with Crippen LogP contribution in [0.15, 0.2) is 114 Å². The van der Waals surface area contributed by atoms with Crippen LogP contribution in [0.2, 0.25) is 0 Å². The van der Waals surface area contributed by atoms with Crippen molar-refractivity contribution in [2.24, 2.45) is 0 Å². The maximum absolute atomic E-state index is 13.5. The molecular formula is C37H39F2NO5S. The smallest absolute Gasteiger partial charge is 0.317 e. The first-order valence-corrected chi connectivity index (χ1v) is 16.7. The van der Waals surface area contributed by atoms with Crippen LogP contribution in [0, 0.1) is 18.6 Å². The zero-order chi connectivity index (χ0) is 33.2. The van der Waals surface area contributed by atoms with Crippen molar-refractivity contribution in [2.45, 2.75) is 43.4 Å². The van der Waals surface area contributed by atoms with Gasteiger partial charge in [0.2, 0.25) is 0 Å². The number of esters is 1. The molecule has 6 nitrogen and oxygen atoms in total. The molecule has 0 bridgehead atoms.